The minimum Gasteiger partial charge on any atom is -0.310 e. The molecule has 0 unspecified atom stereocenters. The number of hydrogen-bond acceptors (Lipinski definition) is 1. The molecule has 0 atom stereocenters. The number of anilines is 3. The molecule has 0 N–H and O–H groups in total. The minimum absolute atomic E-state index is 1.11. The van der Waals surface area contributed by atoms with Crippen LogP contribution >= 0.6 is 0 Å². The summed E-state index contributed by atoms with van der Waals surface area (Å²) in [6.07, 6.45) is 0. The number of benzene rings is 9. The summed E-state index contributed by atoms with van der Waals surface area (Å²) in [7, 11) is 0. The van der Waals surface area contributed by atoms with Crippen LogP contribution in [0.1, 0.15) is 0 Å². The predicted molar refractivity (Wildman–Crippen MR) is 202 cm³/mol. The van der Waals surface area contributed by atoms with E-state index in [-0.39, 0.29) is 0 Å². The van der Waals surface area contributed by atoms with Crippen LogP contribution < -0.4 is 4.90 Å². The normalized spacial score (nSPS) is 11.4. The second-order valence-electron chi connectivity index (χ2n) is 12.1. The van der Waals surface area contributed by atoms with Crippen LogP contribution in [0.2, 0.25) is 0 Å². The standard InChI is InChI=1S/C46H31N/c1-2-15-37(16-3-1)47(38-27-24-33(25-28-38)36-23-22-32-12-4-5-14-35(32)30-36)46-21-11-10-20-43(46)45-31-44-39-17-7-6-13-34(39)26-29-42(44)40-18-8-9-19-41(40)45/h1-31H. The molecule has 0 saturated carbocycles. The number of nitrogens with zero attached hydrogens (tertiary/aromatic N) is 1. The van der Waals surface area contributed by atoms with Gasteiger partial charge in [-0.1, -0.05) is 146 Å². The van der Waals surface area contributed by atoms with Gasteiger partial charge in [0.2, 0.25) is 0 Å². The summed E-state index contributed by atoms with van der Waals surface area (Å²) >= 11 is 0. The SMILES string of the molecule is c1ccc(N(c2ccc(-c3ccc4ccccc4c3)cc2)c2ccccc2-c2cc3c4ccccc4ccc3c3ccccc23)cc1. The van der Waals surface area contributed by atoms with Gasteiger partial charge in [0.25, 0.3) is 0 Å². The van der Waals surface area contributed by atoms with E-state index in [0.29, 0.717) is 0 Å². The van der Waals surface area contributed by atoms with Crippen LogP contribution in [0.25, 0.3) is 65.3 Å². The Hall–Kier alpha value is -6.18. The molecule has 0 spiro atoms. The highest BCUT2D eigenvalue weighted by molar-refractivity contribution is 6.21. The van der Waals surface area contributed by atoms with Gasteiger partial charge in [-0.25, -0.2) is 0 Å². The average Bonchev–Trinajstić information content (AvgIpc) is 3.15. The van der Waals surface area contributed by atoms with E-state index in [2.05, 4.69) is 193 Å². The van der Waals surface area contributed by atoms with Gasteiger partial charge in [-0.05, 0) is 102 Å². The van der Waals surface area contributed by atoms with Gasteiger partial charge < -0.3 is 4.90 Å². The van der Waals surface area contributed by atoms with Crippen LogP contribution in [0.4, 0.5) is 17.1 Å². The lowest BCUT2D eigenvalue weighted by Crippen LogP contribution is -2.11. The molecule has 0 aromatic heterocycles. The topological polar surface area (TPSA) is 3.24 Å². The molecule has 0 amide bonds. The Morgan fingerprint density at radius 1 is 0.277 bits per heavy atom. The van der Waals surface area contributed by atoms with Crippen molar-refractivity contribution in [3.8, 4) is 22.3 Å². The third kappa shape index (κ3) is 4.72. The predicted octanol–water partition coefficient (Wildman–Crippen LogP) is 13.1. The molecule has 0 aliphatic rings. The number of rotatable bonds is 5. The first-order valence-electron chi connectivity index (χ1n) is 16.2. The van der Waals surface area contributed by atoms with Crippen LogP contribution in [0.5, 0.6) is 0 Å². The summed E-state index contributed by atoms with van der Waals surface area (Å²) in [6, 6.07) is 68.3. The van der Waals surface area contributed by atoms with Crippen molar-refractivity contribution in [2.45, 2.75) is 0 Å². The molecule has 9 aromatic carbocycles. The summed E-state index contributed by atoms with van der Waals surface area (Å²) < 4.78 is 0. The molecular weight excluding hydrogens is 567 g/mol. The van der Waals surface area contributed by atoms with Gasteiger partial charge in [-0.2, -0.15) is 0 Å². The molecular formula is C46H31N. The largest absolute Gasteiger partial charge is 0.310 e. The van der Waals surface area contributed by atoms with Gasteiger partial charge in [0.05, 0.1) is 5.69 Å². The summed E-state index contributed by atoms with van der Waals surface area (Å²) in [5.41, 5.74) is 8.22. The lowest BCUT2D eigenvalue weighted by atomic mass is 9.90. The quantitative estimate of drug-likeness (QED) is 0.178. The van der Waals surface area contributed by atoms with Crippen LogP contribution in [0, 0.1) is 0 Å². The molecule has 1 heteroatoms. The van der Waals surface area contributed by atoms with Gasteiger partial charge in [0.15, 0.2) is 0 Å². The molecule has 0 aliphatic heterocycles. The van der Waals surface area contributed by atoms with Crippen molar-refractivity contribution in [2.75, 3.05) is 4.90 Å². The second kappa shape index (κ2) is 11.3. The fourth-order valence-electron chi connectivity index (χ4n) is 7.16. The van der Waals surface area contributed by atoms with E-state index >= 15 is 0 Å². The molecule has 220 valence electrons. The monoisotopic (exact) mass is 597 g/mol. The van der Waals surface area contributed by atoms with Crippen LogP contribution in [0.15, 0.2) is 188 Å². The number of fused-ring (bicyclic) bond motifs is 6. The van der Waals surface area contributed by atoms with Crippen molar-refractivity contribution in [1.82, 2.24) is 0 Å². The van der Waals surface area contributed by atoms with Crippen molar-refractivity contribution in [2.24, 2.45) is 0 Å². The molecule has 0 saturated heterocycles. The molecule has 9 rings (SSSR count). The van der Waals surface area contributed by atoms with E-state index in [0.717, 1.165) is 17.1 Å². The Kier molecular flexibility index (Phi) is 6.54. The zero-order valence-corrected chi connectivity index (χ0v) is 25.8. The zero-order valence-electron chi connectivity index (χ0n) is 25.8. The van der Waals surface area contributed by atoms with Crippen LogP contribution in [0.3, 0.4) is 0 Å². The summed E-state index contributed by atoms with van der Waals surface area (Å²) in [4.78, 5) is 2.39. The molecule has 0 heterocycles. The maximum absolute atomic E-state index is 2.41. The van der Waals surface area contributed by atoms with Gasteiger partial charge >= 0.3 is 0 Å². The molecule has 0 bridgehead atoms. The molecule has 9 aromatic rings. The van der Waals surface area contributed by atoms with E-state index < -0.39 is 0 Å². The Morgan fingerprint density at radius 2 is 0.851 bits per heavy atom. The zero-order chi connectivity index (χ0) is 31.2. The lowest BCUT2D eigenvalue weighted by molar-refractivity contribution is 1.28. The first-order chi connectivity index (χ1) is 23.3. The Morgan fingerprint density at radius 3 is 1.68 bits per heavy atom. The van der Waals surface area contributed by atoms with Crippen molar-refractivity contribution in [3.63, 3.8) is 0 Å². The van der Waals surface area contributed by atoms with Crippen molar-refractivity contribution < 1.29 is 0 Å². The molecule has 0 fully saturated rings. The maximum Gasteiger partial charge on any atom is 0.0540 e. The van der Waals surface area contributed by atoms with Gasteiger partial charge in [0, 0.05) is 16.9 Å². The van der Waals surface area contributed by atoms with Gasteiger partial charge in [-0.3, -0.25) is 0 Å². The summed E-state index contributed by atoms with van der Waals surface area (Å²) in [5.74, 6) is 0. The first-order valence-corrected chi connectivity index (χ1v) is 16.2. The van der Waals surface area contributed by atoms with E-state index in [1.54, 1.807) is 0 Å². The smallest absolute Gasteiger partial charge is 0.0540 e. The third-order valence-corrected chi connectivity index (χ3v) is 9.42. The van der Waals surface area contributed by atoms with E-state index in [9.17, 15) is 0 Å². The fourth-order valence-corrected chi connectivity index (χ4v) is 7.16. The van der Waals surface area contributed by atoms with Crippen molar-refractivity contribution in [3.05, 3.63) is 188 Å². The molecule has 0 aliphatic carbocycles. The number of hydrogen-bond donors (Lipinski definition) is 0. The Labute approximate surface area is 274 Å². The molecule has 0 radical (unpaired) electrons. The van der Waals surface area contributed by atoms with Crippen molar-refractivity contribution >= 4 is 60.2 Å². The maximum atomic E-state index is 2.41. The Balaban J connectivity index is 1.24. The summed E-state index contributed by atoms with van der Waals surface area (Å²) in [6.45, 7) is 0. The highest BCUT2D eigenvalue weighted by Crippen LogP contribution is 2.45. The molecule has 47 heavy (non-hydrogen) atoms. The van der Waals surface area contributed by atoms with Crippen LogP contribution in [-0.2, 0) is 0 Å². The highest BCUT2D eigenvalue weighted by Gasteiger charge is 2.19. The highest BCUT2D eigenvalue weighted by atomic mass is 15.1. The average molecular weight is 598 g/mol. The Bertz CT molecular complexity index is 2560. The second-order valence-corrected chi connectivity index (χ2v) is 12.1. The van der Waals surface area contributed by atoms with E-state index in [1.807, 2.05) is 0 Å². The van der Waals surface area contributed by atoms with Crippen molar-refractivity contribution in [1.29, 1.82) is 0 Å². The minimum atomic E-state index is 1.11. The van der Waals surface area contributed by atoms with Gasteiger partial charge in [0.1, 0.15) is 0 Å². The summed E-state index contributed by atoms with van der Waals surface area (Å²) in [5, 5.41) is 10.1. The number of para-hydroxylation sites is 2. The third-order valence-electron chi connectivity index (χ3n) is 9.42. The molecule has 1 nitrogen and oxygen atoms in total. The lowest BCUT2D eigenvalue weighted by Gasteiger charge is -2.28. The van der Waals surface area contributed by atoms with E-state index in [4.69, 9.17) is 0 Å². The van der Waals surface area contributed by atoms with Gasteiger partial charge in [-0.15, -0.1) is 0 Å². The fraction of sp³-hybridized carbons (Fsp3) is 0. The first kappa shape index (κ1) is 27.2. The van der Waals surface area contributed by atoms with Crippen LogP contribution in [-0.4, -0.2) is 0 Å². The van der Waals surface area contributed by atoms with E-state index in [1.165, 1.54) is 65.3 Å².